The molecule has 0 atom stereocenters. The van der Waals surface area contributed by atoms with Gasteiger partial charge in [-0.05, 0) is 65.7 Å². The first-order chi connectivity index (χ1) is 28.2. The van der Waals surface area contributed by atoms with Crippen LogP contribution >= 0.6 is 0 Å². The lowest BCUT2D eigenvalue weighted by Crippen LogP contribution is -2.00. The Morgan fingerprint density at radius 2 is 0.930 bits per heavy atom. The smallest absolute Gasteiger partial charge is 0.167 e. The predicted molar refractivity (Wildman–Crippen MR) is 230 cm³/mol. The lowest BCUT2D eigenvalue weighted by molar-refractivity contribution is 0.669. The molecule has 0 aliphatic carbocycles. The van der Waals surface area contributed by atoms with E-state index < -0.39 is 0 Å². The maximum atomic E-state index is 6.67. The van der Waals surface area contributed by atoms with Crippen LogP contribution in [0, 0.1) is 0 Å². The van der Waals surface area contributed by atoms with Gasteiger partial charge in [0.2, 0.25) is 0 Å². The van der Waals surface area contributed by atoms with Crippen molar-refractivity contribution in [2.24, 2.45) is 0 Å². The highest BCUT2D eigenvalue weighted by atomic mass is 16.3. The molecule has 266 valence electrons. The van der Waals surface area contributed by atoms with Crippen LogP contribution in [0.3, 0.4) is 0 Å². The number of para-hydroxylation sites is 3. The van der Waals surface area contributed by atoms with Crippen molar-refractivity contribution < 1.29 is 8.83 Å². The largest absolute Gasteiger partial charge is 0.456 e. The first-order valence-electron chi connectivity index (χ1n) is 19.0. The van der Waals surface area contributed by atoms with Gasteiger partial charge in [0.1, 0.15) is 22.3 Å². The average Bonchev–Trinajstić information content (AvgIpc) is 3.96. The monoisotopic (exact) mass is 730 g/mol. The molecule has 6 heteroatoms. The highest BCUT2D eigenvalue weighted by molar-refractivity contribution is 6.16. The van der Waals surface area contributed by atoms with Gasteiger partial charge in [0.15, 0.2) is 17.5 Å². The predicted octanol–water partition coefficient (Wildman–Crippen LogP) is 13.4. The molecule has 0 N–H and O–H groups in total. The molecule has 57 heavy (non-hydrogen) atoms. The molecule has 12 aromatic rings. The van der Waals surface area contributed by atoms with Gasteiger partial charge in [0.25, 0.3) is 0 Å². The van der Waals surface area contributed by atoms with Crippen LogP contribution < -0.4 is 0 Å². The van der Waals surface area contributed by atoms with Crippen LogP contribution in [0.5, 0.6) is 0 Å². The standard InChI is InChI=1S/C51H30N4O2/c1-3-13-31(14-4-1)49-52-50(32-15-5-2-6-16-32)54-51(53-49)39-21-11-20-38-40-29-33(25-27-44(40)57-48(38)39)35-19-12-24-46-47(35)41-30-34(26-28-45(41)56-46)55-42-22-9-7-17-36(42)37-18-8-10-23-43(37)55/h1-30H. The van der Waals surface area contributed by atoms with Crippen LogP contribution in [0.15, 0.2) is 191 Å². The van der Waals surface area contributed by atoms with Crippen LogP contribution in [0.4, 0.5) is 0 Å². The molecule has 4 aromatic heterocycles. The number of nitrogens with zero attached hydrogens (tertiary/aromatic N) is 4. The summed E-state index contributed by atoms with van der Waals surface area (Å²) < 4.78 is 15.5. The number of fused-ring (bicyclic) bond motifs is 9. The third-order valence-electron chi connectivity index (χ3n) is 11.1. The topological polar surface area (TPSA) is 69.9 Å². The zero-order chi connectivity index (χ0) is 37.5. The summed E-state index contributed by atoms with van der Waals surface area (Å²) in [7, 11) is 0. The van der Waals surface area contributed by atoms with Crippen molar-refractivity contribution in [2.45, 2.75) is 0 Å². The van der Waals surface area contributed by atoms with Gasteiger partial charge in [-0.2, -0.15) is 0 Å². The Morgan fingerprint density at radius 1 is 0.351 bits per heavy atom. The fourth-order valence-electron chi connectivity index (χ4n) is 8.47. The number of furan rings is 2. The Hall–Kier alpha value is -7.83. The zero-order valence-electron chi connectivity index (χ0n) is 30.4. The highest BCUT2D eigenvalue weighted by Crippen LogP contribution is 2.42. The second-order valence-electron chi connectivity index (χ2n) is 14.4. The summed E-state index contributed by atoms with van der Waals surface area (Å²) >= 11 is 0. The highest BCUT2D eigenvalue weighted by Gasteiger charge is 2.20. The maximum absolute atomic E-state index is 6.67. The van der Waals surface area contributed by atoms with Crippen LogP contribution in [-0.4, -0.2) is 19.5 Å². The quantitative estimate of drug-likeness (QED) is 0.176. The number of hydrogen-bond acceptors (Lipinski definition) is 5. The Labute approximate surface area is 325 Å². The molecule has 12 rings (SSSR count). The molecule has 0 saturated carbocycles. The van der Waals surface area contributed by atoms with Crippen LogP contribution in [-0.2, 0) is 0 Å². The fourth-order valence-corrected chi connectivity index (χ4v) is 8.47. The Balaban J connectivity index is 1.02. The third kappa shape index (κ3) is 4.94. The van der Waals surface area contributed by atoms with Gasteiger partial charge in [0.05, 0.1) is 16.6 Å². The third-order valence-corrected chi connectivity index (χ3v) is 11.1. The minimum absolute atomic E-state index is 0.557. The molecular formula is C51H30N4O2. The molecule has 0 aliphatic heterocycles. The maximum Gasteiger partial charge on any atom is 0.167 e. The van der Waals surface area contributed by atoms with Crippen molar-refractivity contribution in [3.8, 4) is 51.0 Å². The van der Waals surface area contributed by atoms with Crippen LogP contribution in [0.25, 0.3) is 117 Å². The lowest BCUT2D eigenvalue weighted by Gasteiger charge is -2.09. The normalized spacial score (nSPS) is 11.9. The van der Waals surface area contributed by atoms with E-state index in [9.17, 15) is 0 Å². The van der Waals surface area contributed by atoms with Gasteiger partial charge in [-0.25, -0.2) is 15.0 Å². The molecule has 0 bridgehead atoms. The summed E-state index contributed by atoms with van der Waals surface area (Å²) in [5.41, 5.74) is 11.5. The van der Waals surface area contributed by atoms with E-state index in [4.69, 9.17) is 23.8 Å². The molecule has 8 aromatic carbocycles. The summed E-state index contributed by atoms with van der Waals surface area (Å²) in [6, 6.07) is 62.7. The van der Waals surface area contributed by atoms with Gasteiger partial charge in [0, 0.05) is 49.1 Å². The van der Waals surface area contributed by atoms with E-state index in [0.717, 1.165) is 77.4 Å². The molecule has 0 fully saturated rings. The molecule has 0 spiro atoms. The second-order valence-corrected chi connectivity index (χ2v) is 14.4. The average molecular weight is 731 g/mol. The van der Waals surface area contributed by atoms with Gasteiger partial charge in [-0.3, -0.25) is 0 Å². The second kappa shape index (κ2) is 12.3. The number of rotatable bonds is 5. The summed E-state index contributed by atoms with van der Waals surface area (Å²) in [6.07, 6.45) is 0. The van der Waals surface area contributed by atoms with Crippen LogP contribution in [0.2, 0.25) is 0 Å². The van der Waals surface area contributed by atoms with Crippen molar-refractivity contribution in [1.29, 1.82) is 0 Å². The Bertz CT molecular complexity index is 3410. The zero-order valence-corrected chi connectivity index (χ0v) is 30.4. The minimum atomic E-state index is 0.557. The van der Waals surface area contributed by atoms with Crippen molar-refractivity contribution in [3.05, 3.63) is 182 Å². The number of hydrogen-bond donors (Lipinski definition) is 0. The van der Waals surface area contributed by atoms with E-state index in [0.29, 0.717) is 17.5 Å². The Morgan fingerprint density at radius 3 is 1.65 bits per heavy atom. The summed E-state index contributed by atoms with van der Waals surface area (Å²) in [5.74, 6) is 1.77. The summed E-state index contributed by atoms with van der Waals surface area (Å²) in [6.45, 7) is 0. The lowest BCUT2D eigenvalue weighted by atomic mass is 9.97. The van der Waals surface area contributed by atoms with Crippen molar-refractivity contribution in [3.63, 3.8) is 0 Å². The van der Waals surface area contributed by atoms with E-state index in [1.807, 2.05) is 72.8 Å². The molecular weight excluding hydrogens is 701 g/mol. The minimum Gasteiger partial charge on any atom is -0.456 e. The molecule has 6 nitrogen and oxygen atoms in total. The molecule has 4 heterocycles. The number of benzene rings is 8. The van der Waals surface area contributed by atoms with E-state index in [1.165, 1.54) is 21.8 Å². The van der Waals surface area contributed by atoms with Crippen molar-refractivity contribution >= 4 is 65.7 Å². The van der Waals surface area contributed by atoms with Crippen LogP contribution in [0.1, 0.15) is 0 Å². The molecule has 0 saturated heterocycles. The Kier molecular flexibility index (Phi) is 6.83. The van der Waals surface area contributed by atoms with Gasteiger partial charge >= 0.3 is 0 Å². The summed E-state index contributed by atoms with van der Waals surface area (Å²) in [5, 5.41) is 6.62. The van der Waals surface area contributed by atoms with Gasteiger partial charge < -0.3 is 13.4 Å². The van der Waals surface area contributed by atoms with E-state index in [2.05, 4.69) is 114 Å². The van der Waals surface area contributed by atoms with Gasteiger partial charge in [-0.15, -0.1) is 0 Å². The van der Waals surface area contributed by atoms with E-state index in [-0.39, 0.29) is 0 Å². The van der Waals surface area contributed by atoms with E-state index >= 15 is 0 Å². The molecule has 0 amide bonds. The van der Waals surface area contributed by atoms with E-state index in [1.54, 1.807) is 0 Å². The molecule has 0 unspecified atom stereocenters. The molecule has 0 aliphatic rings. The molecule has 0 radical (unpaired) electrons. The number of aromatic nitrogens is 4. The van der Waals surface area contributed by atoms with Crippen molar-refractivity contribution in [2.75, 3.05) is 0 Å². The van der Waals surface area contributed by atoms with Crippen molar-refractivity contribution in [1.82, 2.24) is 19.5 Å². The van der Waals surface area contributed by atoms with Gasteiger partial charge in [-0.1, -0.05) is 127 Å². The summed E-state index contributed by atoms with van der Waals surface area (Å²) in [4.78, 5) is 14.9. The fraction of sp³-hybridized carbons (Fsp3) is 0. The first kappa shape index (κ1) is 31.5. The first-order valence-corrected chi connectivity index (χ1v) is 19.0. The SMILES string of the molecule is c1ccc(-c2nc(-c3ccccc3)nc(-c3cccc4c3oc3ccc(-c5cccc6oc7ccc(-n8c9ccccc9c9ccccc98)cc7c56)cc34)n2)cc1.